The minimum absolute atomic E-state index is 0.151. The number of phenolic OH excluding ortho intramolecular Hbond substituents is 1. The van der Waals surface area contributed by atoms with Gasteiger partial charge in [-0.25, -0.2) is 0 Å². The van der Waals surface area contributed by atoms with Gasteiger partial charge in [0.25, 0.3) is 0 Å². The van der Waals surface area contributed by atoms with Gasteiger partial charge in [0.2, 0.25) is 0 Å². The number of aromatic hydroxyl groups is 1. The molecule has 0 spiro atoms. The Labute approximate surface area is 142 Å². The van der Waals surface area contributed by atoms with Crippen LogP contribution in [0.3, 0.4) is 0 Å². The number of phenols is 1. The average Bonchev–Trinajstić information content (AvgIpc) is 2.81. The monoisotopic (exact) mass is 352 g/mol. The quantitative estimate of drug-likeness (QED) is 0.772. The van der Waals surface area contributed by atoms with Gasteiger partial charge in [-0.15, -0.1) is 0 Å². The van der Waals surface area contributed by atoms with Crippen LogP contribution in [0.25, 0.3) is 0 Å². The van der Waals surface area contributed by atoms with E-state index in [0.717, 1.165) is 43.2 Å². The summed E-state index contributed by atoms with van der Waals surface area (Å²) < 4.78 is 12.1. The number of benzene rings is 1. The maximum absolute atomic E-state index is 12.4. The minimum atomic E-state index is -2.38. The van der Waals surface area contributed by atoms with Crippen molar-refractivity contribution < 1.29 is 14.5 Å². The molecule has 4 rings (SSSR count). The van der Waals surface area contributed by atoms with Crippen LogP contribution in [-0.2, 0) is 15.8 Å². The molecule has 0 radical (unpaired) electrons. The van der Waals surface area contributed by atoms with Gasteiger partial charge in [0.1, 0.15) is 11.5 Å². The summed E-state index contributed by atoms with van der Waals surface area (Å²) in [5.74, 6) is 1.86. The lowest BCUT2D eigenvalue weighted by Gasteiger charge is -2.48. The van der Waals surface area contributed by atoms with Crippen molar-refractivity contribution in [3.8, 4) is 5.75 Å². The summed E-state index contributed by atoms with van der Waals surface area (Å²) in [6.45, 7) is 2.15. The second-order valence-corrected chi connectivity index (χ2v) is 9.79. The van der Waals surface area contributed by atoms with E-state index in [0.29, 0.717) is 35.3 Å². The Balaban J connectivity index is 1.81. The molecule has 23 heavy (non-hydrogen) atoms. The SMILES string of the molecule is C[C@]12CC[C@@H]3c4c(cc(O)cc4[PH](=O)Cl)CC[C@H]3[C@@H]1CCC2=O. The maximum atomic E-state index is 12.4. The molecule has 5 atom stereocenters. The Morgan fingerprint density at radius 3 is 2.78 bits per heavy atom. The van der Waals surface area contributed by atoms with Crippen molar-refractivity contribution in [2.45, 2.75) is 51.4 Å². The summed E-state index contributed by atoms with van der Waals surface area (Å²) in [6, 6.07) is 3.40. The summed E-state index contributed by atoms with van der Waals surface area (Å²) in [5.41, 5.74) is 2.08. The van der Waals surface area contributed by atoms with E-state index in [1.807, 2.05) is 6.07 Å². The average molecular weight is 353 g/mol. The number of fused-ring (bicyclic) bond motifs is 5. The van der Waals surface area contributed by atoms with Crippen molar-refractivity contribution in [2.75, 3.05) is 0 Å². The second kappa shape index (κ2) is 5.36. The van der Waals surface area contributed by atoms with Crippen LogP contribution in [-0.4, -0.2) is 10.9 Å². The number of rotatable bonds is 1. The minimum Gasteiger partial charge on any atom is -0.508 e. The van der Waals surface area contributed by atoms with Crippen LogP contribution in [0.2, 0.25) is 0 Å². The fourth-order valence-corrected chi connectivity index (χ4v) is 6.93. The third kappa shape index (κ3) is 2.23. The lowest BCUT2D eigenvalue weighted by atomic mass is 9.55. The Bertz CT molecular complexity index is 716. The molecule has 2 saturated carbocycles. The molecule has 2 fully saturated rings. The Morgan fingerprint density at radius 2 is 2.04 bits per heavy atom. The highest BCUT2D eigenvalue weighted by molar-refractivity contribution is 7.80. The number of carbonyl (C=O) groups excluding carboxylic acids is 1. The van der Waals surface area contributed by atoms with E-state index in [9.17, 15) is 14.5 Å². The molecule has 1 aromatic rings. The van der Waals surface area contributed by atoms with Gasteiger partial charge in [-0.05, 0) is 73.1 Å². The molecule has 3 aliphatic carbocycles. The standard InChI is InChI=1S/C18H22ClO3P/c1-18-7-6-13-12(14(18)4-5-16(18)21)3-2-10-8-11(20)9-15(17(10)13)23(19)22/h8-9,12-14,20,23H,2-7H2,1H3/t12-,13+,14+,18+/m1/s1. The van der Waals surface area contributed by atoms with E-state index in [2.05, 4.69) is 6.92 Å². The molecule has 3 nitrogen and oxygen atoms in total. The lowest BCUT2D eigenvalue weighted by Crippen LogP contribution is -2.43. The number of ketones is 1. The Hall–Kier alpha value is -0.790. The van der Waals surface area contributed by atoms with E-state index >= 15 is 0 Å². The molecule has 3 aliphatic rings. The van der Waals surface area contributed by atoms with Crippen molar-refractivity contribution in [3.05, 3.63) is 23.3 Å². The highest BCUT2D eigenvalue weighted by Crippen LogP contribution is 2.60. The summed E-state index contributed by atoms with van der Waals surface area (Å²) in [7, 11) is -2.38. The summed E-state index contributed by atoms with van der Waals surface area (Å²) in [4.78, 5) is 12.4. The molecule has 0 amide bonds. The van der Waals surface area contributed by atoms with Gasteiger partial charge in [-0.3, -0.25) is 4.79 Å². The summed E-state index contributed by atoms with van der Waals surface area (Å²) in [5, 5.41) is 10.6. The van der Waals surface area contributed by atoms with E-state index in [1.165, 1.54) is 0 Å². The largest absolute Gasteiger partial charge is 0.508 e. The summed E-state index contributed by atoms with van der Waals surface area (Å²) in [6.07, 6.45) is 5.52. The first-order chi connectivity index (χ1) is 10.9. The molecule has 0 aromatic heterocycles. The second-order valence-electron chi connectivity index (χ2n) is 7.67. The van der Waals surface area contributed by atoms with E-state index in [-0.39, 0.29) is 11.2 Å². The van der Waals surface area contributed by atoms with Crippen LogP contribution < -0.4 is 5.30 Å². The van der Waals surface area contributed by atoms with Gasteiger partial charge < -0.3 is 9.67 Å². The molecule has 0 aliphatic heterocycles. The molecule has 5 heteroatoms. The highest BCUT2D eigenvalue weighted by atomic mass is 35.7. The van der Waals surface area contributed by atoms with Crippen molar-refractivity contribution in [1.82, 2.24) is 0 Å². The molecule has 1 unspecified atom stereocenters. The summed E-state index contributed by atoms with van der Waals surface area (Å²) >= 11 is 5.99. The zero-order valence-corrected chi connectivity index (χ0v) is 15.0. The van der Waals surface area contributed by atoms with Crippen LogP contribution >= 0.6 is 18.4 Å². The molecular weight excluding hydrogens is 331 g/mol. The van der Waals surface area contributed by atoms with Crippen molar-refractivity contribution in [1.29, 1.82) is 0 Å². The first kappa shape index (κ1) is 15.7. The third-order valence-electron chi connectivity index (χ3n) is 6.73. The van der Waals surface area contributed by atoms with E-state index in [1.54, 1.807) is 6.07 Å². The van der Waals surface area contributed by atoms with Gasteiger partial charge in [0, 0.05) is 17.1 Å². The van der Waals surface area contributed by atoms with Crippen LogP contribution in [0.5, 0.6) is 5.75 Å². The normalized spacial score (nSPS) is 37.0. The maximum Gasteiger partial charge on any atom is 0.186 e. The number of carbonyl (C=O) groups is 1. The number of hydrogen-bond acceptors (Lipinski definition) is 3. The van der Waals surface area contributed by atoms with Crippen LogP contribution in [0.15, 0.2) is 12.1 Å². The predicted molar refractivity (Wildman–Crippen MR) is 92.2 cm³/mol. The van der Waals surface area contributed by atoms with Gasteiger partial charge in [0.15, 0.2) is 7.15 Å². The zero-order chi connectivity index (χ0) is 16.4. The predicted octanol–water partition coefficient (Wildman–Crippen LogP) is 4.16. The zero-order valence-electron chi connectivity index (χ0n) is 13.3. The molecule has 0 saturated heterocycles. The molecule has 0 bridgehead atoms. The fourth-order valence-electron chi connectivity index (χ4n) is 5.65. The smallest absolute Gasteiger partial charge is 0.186 e. The van der Waals surface area contributed by atoms with Crippen LogP contribution in [0.4, 0.5) is 0 Å². The number of aryl methyl sites for hydroxylation is 1. The van der Waals surface area contributed by atoms with Crippen molar-refractivity contribution in [3.63, 3.8) is 0 Å². The molecule has 0 heterocycles. The molecule has 124 valence electrons. The number of halogens is 1. The third-order valence-corrected chi connectivity index (χ3v) is 8.17. The lowest BCUT2D eigenvalue weighted by molar-refractivity contribution is -0.129. The Kier molecular flexibility index (Phi) is 3.66. The van der Waals surface area contributed by atoms with Crippen LogP contribution in [0, 0.1) is 17.3 Å². The molecule has 1 N–H and O–H groups in total. The number of Topliss-reactive ketones (excluding diaryl/α,β-unsaturated/α-hetero) is 1. The van der Waals surface area contributed by atoms with Crippen LogP contribution in [0.1, 0.15) is 56.1 Å². The molecular formula is C18H22ClO3P. The van der Waals surface area contributed by atoms with Gasteiger partial charge in [0.05, 0.1) is 0 Å². The Morgan fingerprint density at radius 1 is 1.26 bits per heavy atom. The molecule has 1 aromatic carbocycles. The van der Waals surface area contributed by atoms with E-state index in [4.69, 9.17) is 11.2 Å². The van der Waals surface area contributed by atoms with E-state index < -0.39 is 7.15 Å². The first-order valence-electron chi connectivity index (χ1n) is 8.50. The van der Waals surface area contributed by atoms with Crippen molar-refractivity contribution >= 4 is 29.5 Å². The topological polar surface area (TPSA) is 54.4 Å². The fraction of sp³-hybridized carbons (Fsp3) is 0.611. The van der Waals surface area contributed by atoms with Gasteiger partial charge in [-0.1, -0.05) is 18.2 Å². The van der Waals surface area contributed by atoms with Crippen molar-refractivity contribution in [2.24, 2.45) is 17.3 Å². The first-order valence-corrected chi connectivity index (χ1v) is 10.9. The van der Waals surface area contributed by atoms with Gasteiger partial charge >= 0.3 is 0 Å². The highest BCUT2D eigenvalue weighted by Gasteiger charge is 2.54. The number of hydrogen-bond donors (Lipinski definition) is 1. The van der Waals surface area contributed by atoms with Gasteiger partial charge in [-0.2, -0.15) is 0 Å².